The average molecular weight is 624 g/mol. The summed E-state index contributed by atoms with van der Waals surface area (Å²) >= 11 is 0. The van der Waals surface area contributed by atoms with Crippen LogP contribution in [0.15, 0.2) is 180 Å². The molecule has 0 saturated carbocycles. The van der Waals surface area contributed by atoms with Crippen LogP contribution in [-0.4, -0.2) is 4.98 Å². The molecule has 0 spiro atoms. The van der Waals surface area contributed by atoms with Crippen molar-refractivity contribution in [3.63, 3.8) is 0 Å². The minimum Gasteiger partial charge on any atom is -0.456 e. The minimum atomic E-state index is 0.904. The van der Waals surface area contributed by atoms with Gasteiger partial charge in [-0.25, -0.2) is 4.98 Å². The highest BCUT2D eigenvalue weighted by Crippen LogP contribution is 2.43. The van der Waals surface area contributed by atoms with Crippen LogP contribution < -0.4 is 0 Å². The van der Waals surface area contributed by atoms with E-state index < -0.39 is 0 Å². The van der Waals surface area contributed by atoms with Gasteiger partial charge in [0.15, 0.2) is 0 Å². The fourth-order valence-electron chi connectivity index (χ4n) is 7.53. The van der Waals surface area contributed by atoms with Crippen molar-refractivity contribution in [1.29, 1.82) is 0 Å². The molecule has 8 aromatic carbocycles. The lowest BCUT2D eigenvalue weighted by Gasteiger charge is -2.16. The fourth-order valence-corrected chi connectivity index (χ4v) is 7.53. The summed E-state index contributed by atoms with van der Waals surface area (Å²) in [7, 11) is 0. The highest BCUT2D eigenvalue weighted by Gasteiger charge is 2.16. The Kier molecular flexibility index (Phi) is 6.22. The molecule has 2 heterocycles. The first-order valence-corrected chi connectivity index (χ1v) is 16.7. The van der Waals surface area contributed by atoms with Crippen molar-refractivity contribution in [2.45, 2.75) is 0 Å². The van der Waals surface area contributed by atoms with E-state index in [0.29, 0.717) is 0 Å². The monoisotopic (exact) mass is 623 g/mol. The molecule has 49 heavy (non-hydrogen) atoms. The van der Waals surface area contributed by atoms with Gasteiger partial charge in [-0.3, -0.25) is 0 Å². The number of furan rings is 1. The van der Waals surface area contributed by atoms with Crippen molar-refractivity contribution in [3.8, 4) is 44.8 Å². The highest BCUT2D eigenvalue weighted by atomic mass is 16.3. The van der Waals surface area contributed by atoms with Crippen LogP contribution in [0, 0.1) is 0 Å². The zero-order valence-electron chi connectivity index (χ0n) is 26.6. The molecule has 0 N–H and O–H groups in total. The summed E-state index contributed by atoms with van der Waals surface area (Å²) in [6.07, 6.45) is 0. The van der Waals surface area contributed by atoms with E-state index in [2.05, 4.69) is 158 Å². The number of hydrogen-bond donors (Lipinski definition) is 0. The number of nitrogens with zero attached hydrogens (tertiary/aromatic N) is 1. The summed E-state index contributed by atoms with van der Waals surface area (Å²) < 4.78 is 6.33. The topological polar surface area (TPSA) is 26.0 Å². The summed E-state index contributed by atoms with van der Waals surface area (Å²) in [4.78, 5) is 5.25. The smallest absolute Gasteiger partial charge is 0.136 e. The minimum absolute atomic E-state index is 0.904. The molecule has 10 rings (SSSR count). The molecular weight excluding hydrogens is 595 g/mol. The molecule has 0 bridgehead atoms. The SMILES string of the molecule is c1ccc(-c2cc(-c3ccccc3)nc(-c3ccc4c(c3)c3ccccc3c3cccc(-c5ccc6c(c5)oc5ccccc56)c34)c2)cc1. The van der Waals surface area contributed by atoms with Gasteiger partial charge in [-0.15, -0.1) is 0 Å². The number of benzene rings is 8. The van der Waals surface area contributed by atoms with Crippen LogP contribution in [0.25, 0.3) is 99.0 Å². The van der Waals surface area contributed by atoms with E-state index in [-0.39, 0.29) is 0 Å². The number of fused-ring (bicyclic) bond motifs is 9. The van der Waals surface area contributed by atoms with Gasteiger partial charge in [0, 0.05) is 21.9 Å². The highest BCUT2D eigenvalue weighted by molar-refractivity contribution is 6.29. The van der Waals surface area contributed by atoms with E-state index in [1.807, 2.05) is 18.2 Å². The molecule has 0 atom stereocenters. The van der Waals surface area contributed by atoms with Crippen LogP contribution in [-0.2, 0) is 0 Å². The molecule has 0 aliphatic carbocycles. The van der Waals surface area contributed by atoms with Crippen molar-refractivity contribution in [1.82, 2.24) is 4.98 Å². The Hall–Kier alpha value is -6.51. The molecule has 0 saturated heterocycles. The van der Waals surface area contributed by atoms with E-state index in [9.17, 15) is 0 Å². The van der Waals surface area contributed by atoms with Gasteiger partial charge < -0.3 is 4.42 Å². The number of pyridine rings is 1. The maximum atomic E-state index is 6.33. The Morgan fingerprint density at radius 3 is 1.67 bits per heavy atom. The van der Waals surface area contributed by atoms with Crippen LogP contribution in [0.3, 0.4) is 0 Å². The lowest BCUT2D eigenvalue weighted by Crippen LogP contribution is -1.92. The summed E-state index contributed by atoms with van der Waals surface area (Å²) in [5.41, 5.74) is 10.6. The normalized spacial score (nSPS) is 11.7. The predicted molar refractivity (Wildman–Crippen MR) is 206 cm³/mol. The van der Waals surface area contributed by atoms with Crippen molar-refractivity contribution in [3.05, 3.63) is 176 Å². The predicted octanol–water partition coefficient (Wildman–Crippen LogP) is 13.1. The van der Waals surface area contributed by atoms with Gasteiger partial charge in [-0.05, 0) is 91.0 Å². The second kappa shape index (κ2) is 11.0. The lowest BCUT2D eigenvalue weighted by molar-refractivity contribution is 0.669. The first kappa shape index (κ1) is 27.6. The molecule has 0 aliphatic heterocycles. The van der Waals surface area contributed by atoms with E-state index in [4.69, 9.17) is 9.40 Å². The Morgan fingerprint density at radius 1 is 0.306 bits per heavy atom. The summed E-state index contributed by atoms with van der Waals surface area (Å²) in [5.74, 6) is 0. The maximum Gasteiger partial charge on any atom is 0.136 e. The molecule has 2 heteroatoms. The average Bonchev–Trinajstić information content (AvgIpc) is 3.56. The van der Waals surface area contributed by atoms with Crippen LogP contribution >= 0.6 is 0 Å². The second-order valence-corrected chi connectivity index (χ2v) is 12.7. The summed E-state index contributed by atoms with van der Waals surface area (Å²) in [6.45, 7) is 0. The second-order valence-electron chi connectivity index (χ2n) is 12.7. The molecule has 2 aromatic heterocycles. The van der Waals surface area contributed by atoms with Crippen molar-refractivity contribution in [2.75, 3.05) is 0 Å². The molecule has 0 unspecified atom stereocenters. The van der Waals surface area contributed by atoms with E-state index in [1.54, 1.807) is 0 Å². The zero-order valence-corrected chi connectivity index (χ0v) is 26.6. The molecule has 0 fully saturated rings. The third-order valence-corrected chi connectivity index (χ3v) is 9.85. The summed E-state index contributed by atoms with van der Waals surface area (Å²) in [5, 5.41) is 9.68. The summed E-state index contributed by atoms with van der Waals surface area (Å²) in [6, 6.07) is 62.7. The quantitative estimate of drug-likeness (QED) is 0.182. The molecule has 228 valence electrons. The lowest BCUT2D eigenvalue weighted by atomic mass is 9.88. The fraction of sp³-hybridized carbons (Fsp3) is 0. The third kappa shape index (κ3) is 4.53. The zero-order chi connectivity index (χ0) is 32.3. The van der Waals surface area contributed by atoms with Crippen molar-refractivity contribution >= 4 is 54.3 Å². The molecule has 0 aliphatic rings. The molecular formula is C47H29NO. The van der Waals surface area contributed by atoms with Crippen molar-refractivity contribution < 1.29 is 4.42 Å². The van der Waals surface area contributed by atoms with Gasteiger partial charge in [0.05, 0.1) is 11.4 Å². The number of aromatic nitrogens is 1. The van der Waals surface area contributed by atoms with Gasteiger partial charge in [-0.1, -0.05) is 140 Å². The molecule has 0 radical (unpaired) electrons. The largest absolute Gasteiger partial charge is 0.456 e. The van der Waals surface area contributed by atoms with Gasteiger partial charge in [0.25, 0.3) is 0 Å². The maximum absolute atomic E-state index is 6.33. The number of hydrogen-bond acceptors (Lipinski definition) is 2. The molecule has 10 aromatic rings. The number of rotatable bonds is 4. The first-order chi connectivity index (χ1) is 24.3. The Balaban J connectivity index is 1.22. The first-order valence-electron chi connectivity index (χ1n) is 16.7. The van der Waals surface area contributed by atoms with E-state index >= 15 is 0 Å². The van der Waals surface area contributed by atoms with E-state index in [1.165, 1.54) is 43.4 Å². The van der Waals surface area contributed by atoms with Gasteiger partial charge in [0.1, 0.15) is 11.2 Å². The Bertz CT molecular complexity index is 2810. The van der Waals surface area contributed by atoms with Gasteiger partial charge >= 0.3 is 0 Å². The van der Waals surface area contributed by atoms with Gasteiger partial charge in [-0.2, -0.15) is 0 Å². The van der Waals surface area contributed by atoms with Crippen molar-refractivity contribution in [2.24, 2.45) is 0 Å². The van der Waals surface area contributed by atoms with Gasteiger partial charge in [0.2, 0.25) is 0 Å². The van der Waals surface area contributed by atoms with Crippen LogP contribution in [0.1, 0.15) is 0 Å². The standard InChI is InChI=1S/C47H29NO/c1-3-12-30(13-4-1)34-27-43(31-14-5-2-6-15-31)48-44(28-34)33-23-25-41-42(26-33)37-17-8-7-16-36(37)40-20-11-19-35(47(40)41)32-22-24-39-38-18-9-10-21-45(38)49-46(39)29-32/h1-29H. The molecule has 0 amide bonds. The molecule has 2 nitrogen and oxygen atoms in total. The van der Waals surface area contributed by atoms with Crippen LogP contribution in [0.4, 0.5) is 0 Å². The van der Waals surface area contributed by atoms with Crippen LogP contribution in [0.2, 0.25) is 0 Å². The third-order valence-electron chi connectivity index (χ3n) is 9.85. The Labute approximate surface area is 283 Å². The Morgan fingerprint density at radius 2 is 0.878 bits per heavy atom. The number of para-hydroxylation sites is 1. The van der Waals surface area contributed by atoms with Crippen LogP contribution in [0.5, 0.6) is 0 Å². The van der Waals surface area contributed by atoms with E-state index in [0.717, 1.165) is 55.6 Å².